The molecule has 0 bridgehead atoms. The maximum Gasteiger partial charge on any atom is 0.335 e. The van der Waals surface area contributed by atoms with Gasteiger partial charge >= 0.3 is 17.9 Å². The molecule has 0 spiro atoms. The van der Waals surface area contributed by atoms with Crippen LogP contribution in [-0.4, -0.2) is 207 Å². The van der Waals surface area contributed by atoms with E-state index in [1.165, 1.54) is 6.92 Å². The minimum atomic E-state index is -2.83. The van der Waals surface area contributed by atoms with Crippen LogP contribution in [-0.2, 0) is 62.3 Å². The van der Waals surface area contributed by atoms with Crippen molar-refractivity contribution in [3.05, 3.63) is 11.8 Å². The highest BCUT2D eigenvalue weighted by atomic mass is 35.5. The molecule has 9 amide bonds. The van der Waals surface area contributed by atoms with Gasteiger partial charge in [0, 0.05) is 0 Å². The summed E-state index contributed by atoms with van der Waals surface area (Å²) in [5.41, 5.74) is 16.4. The standard InChI is InChI=1S/C51H87ClN12O19/c1-4-6-7-8-9-10-11-12-13-16-28(66)23-36(68)56-34-26-83-51(82)39(35(67)25-52)63-49(79)40(41(71)50(80)81)64-42(72)29(5-2)57-48(78)38(27(3)65)62-45(75)32(19-22-55)59-43(73)30(17-14-15-20-53)58-46(76)33(24-37(69)70)61-44(74)31(18-21-54)60-47(34)77/h5,27-28,30-35,38-41,65-67,71H,4,6-26,53-55H2,1-3H3,(H,56,68)(H,57,78)(H,58,76)(H,59,73)(H,60,77)(H,61,74)(H,62,75)(H,63,79)(H,64,72)(H,69,70)(H,80,81)/b29-5+/t27-,28-,30-,31+,32-,33-,34-,35+,38-,39-,40-,41?/m0/s1. The molecule has 1 fully saturated rings. The third kappa shape index (κ3) is 28.0. The summed E-state index contributed by atoms with van der Waals surface area (Å²) in [7, 11) is 0. The zero-order chi connectivity index (χ0) is 62.8. The Morgan fingerprint density at radius 1 is 0.627 bits per heavy atom. The van der Waals surface area contributed by atoms with E-state index in [1.807, 2.05) is 10.6 Å². The fourth-order valence-corrected chi connectivity index (χ4v) is 8.41. The maximum absolute atomic E-state index is 14.1. The number of aliphatic hydroxyl groups is 4. The lowest BCUT2D eigenvalue weighted by molar-refractivity contribution is -0.155. The number of hydrogen-bond donors (Lipinski definition) is 18. The van der Waals surface area contributed by atoms with Crippen molar-refractivity contribution in [1.82, 2.24) is 47.9 Å². The molecule has 1 rings (SSSR count). The molecule has 0 aromatic heterocycles. The summed E-state index contributed by atoms with van der Waals surface area (Å²) in [6.07, 6.45) is -0.358. The van der Waals surface area contributed by atoms with Gasteiger partial charge in [-0.3, -0.25) is 47.9 Å². The molecule has 21 N–H and O–H groups in total. The number of rotatable bonds is 28. The van der Waals surface area contributed by atoms with Crippen molar-refractivity contribution in [3.8, 4) is 0 Å². The number of carboxylic acids is 2. The number of aliphatic hydroxyl groups excluding tert-OH is 4. The molecule has 0 saturated carbocycles. The molecule has 0 aromatic carbocycles. The Morgan fingerprint density at radius 3 is 1.64 bits per heavy atom. The third-order valence-corrected chi connectivity index (χ3v) is 13.3. The van der Waals surface area contributed by atoms with Crippen LogP contribution in [0.25, 0.3) is 0 Å². The number of amides is 9. The molecule has 472 valence electrons. The van der Waals surface area contributed by atoms with E-state index in [0.717, 1.165) is 64.4 Å². The first kappa shape index (κ1) is 74.4. The van der Waals surface area contributed by atoms with Gasteiger partial charge in [0.25, 0.3) is 5.91 Å². The lowest BCUT2D eigenvalue weighted by atomic mass is 10.0. The lowest BCUT2D eigenvalue weighted by Crippen LogP contribution is -2.62. The Kier molecular flexibility index (Phi) is 36.4. The van der Waals surface area contributed by atoms with Gasteiger partial charge in [-0.05, 0) is 72.0 Å². The molecule has 1 saturated heterocycles. The van der Waals surface area contributed by atoms with E-state index in [-0.39, 0.29) is 45.3 Å². The van der Waals surface area contributed by atoms with E-state index in [0.29, 0.717) is 12.8 Å². The van der Waals surface area contributed by atoms with Crippen molar-refractivity contribution in [2.45, 2.75) is 203 Å². The van der Waals surface area contributed by atoms with Gasteiger partial charge in [-0.1, -0.05) is 70.8 Å². The summed E-state index contributed by atoms with van der Waals surface area (Å²) < 4.78 is 5.27. The number of aliphatic carboxylic acids is 2. The molecule has 1 heterocycles. The van der Waals surface area contributed by atoms with E-state index in [9.17, 15) is 88.2 Å². The van der Waals surface area contributed by atoms with Crippen LogP contribution in [0.15, 0.2) is 11.8 Å². The Bertz CT molecular complexity index is 2190. The SMILES string of the molecule is C/C=C1/NC(=O)[C@H]([C@H](C)O)NC(=O)[C@H](CCN)NC(=O)[C@H](CCCCN)NC(=O)[C@H](CC(=O)O)NC(=O)[C@@H](CCN)NC(=O)[C@@H](NC(=O)C[C@@H](O)CCCCCCCCCCC)COC(=O)[C@H]([C@H](O)CCl)NC(=O)[C@H](C(O)C(=O)O)NC1=O. The minimum Gasteiger partial charge on any atom is -0.481 e. The van der Waals surface area contributed by atoms with Crippen molar-refractivity contribution < 1.29 is 92.9 Å². The Balaban J connectivity index is 4.01. The molecule has 83 heavy (non-hydrogen) atoms. The summed E-state index contributed by atoms with van der Waals surface area (Å²) in [5.74, 6) is -17.8. The van der Waals surface area contributed by atoms with Gasteiger partial charge in [-0.2, -0.15) is 0 Å². The predicted molar refractivity (Wildman–Crippen MR) is 295 cm³/mol. The second kappa shape index (κ2) is 40.6. The van der Waals surface area contributed by atoms with Gasteiger partial charge in [0.2, 0.25) is 47.3 Å². The summed E-state index contributed by atoms with van der Waals surface area (Å²) in [6.45, 7) is 2.61. The van der Waals surface area contributed by atoms with Crippen LogP contribution in [0.3, 0.4) is 0 Å². The average molecular weight is 1210 g/mol. The molecule has 31 nitrogen and oxygen atoms in total. The van der Waals surface area contributed by atoms with Gasteiger partial charge in [0.15, 0.2) is 12.1 Å². The molecule has 1 aliphatic rings. The van der Waals surface area contributed by atoms with Crippen molar-refractivity contribution in [2.75, 3.05) is 32.1 Å². The number of alkyl halides is 1. The third-order valence-electron chi connectivity index (χ3n) is 13.0. The highest BCUT2D eigenvalue weighted by Gasteiger charge is 2.41. The summed E-state index contributed by atoms with van der Waals surface area (Å²) >= 11 is 5.85. The highest BCUT2D eigenvalue weighted by molar-refractivity contribution is 6.18. The van der Waals surface area contributed by atoms with Gasteiger partial charge in [0.05, 0.1) is 37.0 Å². The quantitative estimate of drug-likeness (QED) is 0.0151. The lowest BCUT2D eigenvalue weighted by Gasteiger charge is -2.28. The molecular formula is C51H87ClN12O19. The normalized spacial score (nSPS) is 24.5. The zero-order valence-corrected chi connectivity index (χ0v) is 47.9. The largest absolute Gasteiger partial charge is 0.481 e. The van der Waals surface area contributed by atoms with Gasteiger partial charge in [0.1, 0.15) is 54.6 Å². The number of cyclic esters (lactones) is 1. The van der Waals surface area contributed by atoms with Crippen molar-refractivity contribution >= 4 is 82.7 Å². The first-order chi connectivity index (χ1) is 39.3. The molecular weight excluding hydrogens is 1120 g/mol. The summed E-state index contributed by atoms with van der Waals surface area (Å²) in [5, 5.41) is 82.1. The van der Waals surface area contributed by atoms with Crippen LogP contribution < -0.4 is 65.1 Å². The summed E-state index contributed by atoms with van der Waals surface area (Å²) in [4.78, 5) is 162. The van der Waals surface area contributed by atoms with Crippen LogP contribution in [0.1, 0.15) is 130 Å². The number of ether oxygens (including phenoxy) is 1. The number of allylic oxidation sites excluding steroid dienone is 1. The second-order valence-corrected chi connectivity index (χ2v) is 20.2. The molecule has 12 atom stereocenters. The Morgan fingerprint density at radius 2 is 1.13 bits per heavy atom. The van der Waals surface area contributed by atoms with Crippen molar-refractivity contribution in [2.24, 2.45) is 17.2 Å². The number of hydrogen-bond acceptors (Lipinski definition) is 20. The van der Waals surface area contributed by atoms with E-state index >= 15 is 0 Å². The topological polar surface area (TPSA) is 522 Å². The van der Waals surface area contributed by atoms with Gasteiger partial charge in [-0.25, -0.2) is 9.59 Å². The van der Waals surface area contributed by atoms with E-state index in [4.69, 9.17) is 33.5 Å². The molecule has 0 aliphatic carbocycles. The Hall–Kier alpha value is -6.61. The number of carbonyl (C=O) groups is 12. The number of nitrogens with two attached hydrogens (primary N) is 3. The van der Waals surface area contributed by atoms with E-state index in [1.54, 1.807) is 0 Å². The first-order valence-corrected chi connectivity index (χ1v) is 28.2. The predicted octanol–water partition coefficient (Wildman–Crippen LogP) is -5.16. The number of carboxylic acid groups (broad SMARTS) is 2. The Labute approximate surface area is 485 Å². The van der Waals surface area contributed by atoms with E-state index < -0.39 is 181 Å². The second-order valence-electron chi connectivity index (χ2n) is 19.9. The van der Waals surface area contributed by atoms with Crippen molar-refractivity contribution in [3.63, 3.8) is 0 Å². The number of carbonyl (C=O) groups excluding carboxylic acids is 10. The number of nitrogens with one attached hydrogen (secondary N) is 9. The fraction of sp³-hybridized carbons (Fsp3) is 0.725. The monoisotopic (exact) mass is 1210 g/mol. The maximum atomic E-state index is 14.1. The molecule has 0 aromatic rings. The molecule has 0 radical (unpaired) electrons. The van der Waals surface area contributed by atoms with Crippen LogP contribution in [0.2, 0.25) is 0 Å². The number of esters is 1. The van der Waals surface area contributed by atoms with Gasteiger partial charge in [-0.15, -0.1) is 11.6 Å². The molecule has 1 unspecified atom stereocenters. The zero-order valence-electron chi connectivity index (χ0n) is 47.2. The average Bonchev–Trinajstić information content (AvgIpc) is 3.52. The van der Waals surface area contributed by atoms with Crippen LogP contribution >= 0.6 is 11.6 Å². The van der Waals surface area contributed by atoms with Crippen molar-refractivity contribution in [1.29, 1.82) is 0 Å². The number of halogens is 1. The first-order valence-electron chi connectivity index (χ1n) is 27.7. The van der Waals surface area contributed by atoms with E-state index in [2.05, 4.69) is 44.1 Å². The molecule has 1 aliphatic heterocycles. The van der Waals surface area contributed by atoms with Gasteiger partial charge < -0.3 is 100 Å². The van der Waals surface area contributed by atoms with Crippen LogP contribution in [0.5, 0.6) is 0 Å². The molecule has 32 heteroatoms. The summed E-state index contributed by atoms with van der Waals surface area (Å²) in [6, 6.07) is -15.8. The highest BCUT2D eigenvalue weighted by Crippen LogP contribution is 2.14. The fourth-order valence-electron chi connectivity index (χ4n) is 8.23. The minimum absolute atomic E-state index is 0.123. The smallest absolute Gasteiger partial charge is 0.335 e. The number of unbranched alkanes of at least 4 members (excludes halogenated alkanes) is 9. The van der Waals surface area contributed by atoms with Crippen LogP contribution in [0, 0.1) is 0 Å². The van der Waals surface area contributed by atoms with Crippen LogP contribution in [0.4, 0.5) is 0 Å².